The Morgan fingerprint density at radius 1 is 1.18 bits per heavy atom. The maximum atomic E-state index is 11.9. The van der Waals surface area contributed by atoms with Crippen LogP contribution in [0, 0.1) is 5.92 Å². The first-order chi connectivity index (χ1) is 8.18. The summed E-state index contributed by atoms with van der Waals surface area (Å²) in [7, 11) is 0. The molecule has 4 nitrogen and oxygen atoms in total. The highest BCUT2D eigenvalue weighted by Gasteiger charge is 2.29. The maximum Gasteiger partial charge on any atom is 0.229 e. The summed E-state index contributed by atoms with van der Waals surface area (Å²) >= 11 is 0. The SMILES string of the molecule is CC1CCCNC1CN1C(=O)CCCCC1=O. The Kier molecular flexibility index (Phi) is 4.15. The molecular formula is C13H22N2O2. The van der Waals surface area contributed by atoms with Crippen LogP contribution < -0.4 is 5.32 Å². The Balaban J connectivity index is 1.99. The van der Waals surface area contributed by atoms with Gasteiger partial charge in [0, 0.05) is 25.4 Å². The second-order valence-electron chi connectivity index (χ2n) is 5.29. The average molecular weight is 238 g/mol. The number of likely N-dealkylation sites (tertiary alicyclic amines) is 1. The van der Waals surface area contributed by atoms with Crippen LogP contribution in [0.5, 0.6) is 0 Å². The smallest absolute Gasteiger partial charge is 0.229 e. The highest BCUT2D eigenvalue weighted by molar-refractivity contribution is 5.96. The van der Waals surface area contributed by atoms with Crippen molar-refractivity contribution in [1.82, 2.24) is 10.2 Å². The molecule has 2 unspecified atom stereocenters. The number of amides is 2. The van der Waals surface area contributed by atoms with Gasteiger partial charge in [-0.1, -0.05) is 6.92 Å². The van der Waals surface area contributed by atoms with Gasteiger partial charge in [0.15, 0.2) is 0 Å². The molecule has 0 saturated carbocycles. The molecule has 2 heterocycles. The quantitative estimate of drug-likeness (QED) is 0.738. The van der Waals surface area contributed by atoms with Gasteiger partial charge in [-0.2, -0.15) is 0 Å². The van der Waals surface area contributed by atoms with Crippen molar-refractivity contribution >= 4 is 11.8 Å². The van der Waals surface area contributed by atoms with Crippen molar-refractivity contribution in [2.24, 2.45) is 5.92 Å². The van der Waals surface area contributed by atoms with Crippen LogP contribution in [-0.2, 0) is 9.59 Å². The first-order valence-electron chi connectivity index (χ1n) is 6.75. The van der Waals surface area contributed by atoms with Gasteiger partial charge >= 0.3 is 0 Å². The van der Waals surface area contributed by atoms with Crippen molar-refractivity contribution in [1.29, 1.82) is 0 Å². The van der Waals surface area contributed by atoms with Gasteiger partial charge in [0.2, 0.25) is 11.8 Å². The molecule has 2 aliphatic heterocycles. The van der Waals surface area contributed by atoms with Gasteiger partial charge in [0.25, 0.3) is 0 Å². The van der Waals surface area contributed by atoms with E-state index in [2.05, 4.69) is 12.2 Å². The van der Waals surface area contributed by atoms with Gasteiger partial charge in [-0.3, -0.25) is 14.5 Å². The molecule has 2 aliphatic rings. The fourth-order valence-electron chi connectivity index (χ4n) is 2.72. The first-order valence-corrected chi connectivity index (χ1v) is 6.75. The van der Waals surface area contributed by atoms with Crippen molar-refractivity contribution in [3.63, 3.8) is 0 Å². The zero-order chi connectivity index (χ0) is 12.3. The Bertz CT molecular complexity index is 286. The molecule has 0 aromatic heterocycles. The summed E-state index contributed by atoms with van der Waals surface area (Å²) in [6.07, 6.45) is 5.16. The molecule has 0 radical (unpaired) electrons. The molecule has 2 atom stereocenters. The summed E-state index contributed by atoms with van der Waals surface area (Å²) in [4.78, 5) is 25.3. The Hall–Kier alpha value is -0.900. The molecule has 0 aromatic rings. The minimum absolute atomic E-state index is 0.0204. The third kappa shape index (κ3) is 3.06. The molecule has 0 spiro atoms. The molecule has 96 valence electrons. The summed E-state index contributed by atoms with van der Waals surface area (Å²) in [5.74, 6) is 0.590. The molecule has 2 saturated heterocycles. The van der Waals surface area contributed by atoms with Crippen LogP contribution in [0.4, 0.5) is 0 Å². The van der Waals surface area contributed by atoms with E-state index in [-0.39, 0.29) is 17.9 Å². The van der Waals surface area contributed by atoms with Gasteiger partial charge in [-0.05, 0) is 38.1 Å². The lowest BCUT2D eigenvalue weighted by Crippen LogP contribution is -2.50. The molecular weight excluding hydrogens is 216 g/mol. The highest BCUT2D eigenvalue weighted by atomic mass is 16.2. The molecule has 0 aromatic carbocycles. The van der Waals surface area contributed by atoms with Crippen LogP contribution in [-0.4, -0.2) is 35.8 Å². The summed E-state index contributed by atoms with van der Waals surface area (Å²) in [6, 6.07) is 0.287. The fourth-order valence-corrected chi connectivity index (χ4v) is 2.72. The predicted octanol–water partition coefficient (Wildman–Crippen LogP) is 1.30. The van der Waals surface area contributed by atoms with E-state index >= 15 is 0 Å². The standard InChI is InChI=1S/C13H22N2O2/c1-10-5-4-8-14-11(10)9-15-12(16)6-2-3-7-13(15)17/h10-11,14H,2-9H2,1H3. The summed E-state index contributed by atoms with van der Waals surface area (Å²) in [6.45, 7) is 3.77. The monoisotopic (exact) mass is 238 g/mol. The van der Waals surface area contributed by atoms with Crippen molar-refractivity contribution in [2.75, 3.05) is 13.1 Å². The Labute approximate surface area is 103 Å². The van der Waals surface area contributed by atoms with Crippen LogP contribution in [0.1, 0.15) is 45.4 Å². The zero-order valence-corrected chi connectivity index (χ0v) is 10.6. The van der Waals surface area contributed by atoms with Crippen molar-refractivity contribution in [3.05, 3.63) is 0 Å². The minimum atomic E-state index is 0.0204. The number of nitrogens with one attached hydrogen (secondary N) is 1. The lowest BCUT2D eigenvalue weighted by Gasteiger charge is -2.33. The third-order valence-corrected chi connectivity index (χ3v) is 3.94. The van der Waals surface area contributed by atoms with E-state index < -0.39 is 0 Å². The fraction of sp³-hybridized carbons (Fsp3) is 0.846. The molecule has 2 amide bonds. The zero-order valence-electron chi connectivity index (χ0n) is 10.6. The number of piperidine rings is 1. The van der Waals surface area contributed by atoms with E-state index in [1.54, 1.807) is 0 Å². The normalized spacial score (nSPS) is 31.5. The summed E-state index contributed by atoms with van der Waals surface area (Å²) < 4.78 is 0. The number of carbonyl (C=O) groups excluding carboxylic acids is 2. The minimum Gasteiger partial charge on any atom is -0.312 e. The molecule has 0 aliphatic carbocycles. The van der Waals surface area contributed by atoms with Crippen LogP contribution in [0.3, 0.4) is 0 Å². The lowest BCUT2D eigenvalue weighted by atomic mass is 9.92. The number of hydrogen-bond acceptors (Lipinski definition) is 3. The molecule has 0 bridgehead atoms. The molecule has 2 fully saturated rings. The van der Waals surface area contributed by atoms with Gasteiger partial charge in [0.1, 0.15) is 0 Å². The summed E-state index contributed by atoms with van der Waals surface area (Å²) in [5.41, 5.74) is 0. The Morgan fingerprint density at radius 3 is 2.41 bits per heavy atom. The van der Waals surface area contributed by atoms with Gasteiger partial charge in [-0.25, -0.2) is 0 Å². The van der Waals surface area contributed by atoms with E-state index in [1.807, 2.05) is 0 Å². The van der Waals surface area contributed by atoms with Crippen molar-refractivity contribution in [2.45, 2.75) is 51.5 Å². The Morgan fingerprint density at radius 2 is 1.82 bits per heavy atom. The third-order valence-electron chi connectivity index (χ3n) is 3.94. The van der Waals surface area contributed by atoms with Gasteiger partial charge in [-0.15, -0.1) is 0 Å². The molecule has 2 rings (SSSR count). The second-order valence-corrected chi connectivity index (χ2v) is 5.29. The van der Waals surface area contributed by atoms with Crippen molar-refractivity contribution < 1.29 is 9.59 Å². The van der Waals surface area contributed by atoms with Gasteiger partial charge < -0.3 is 5.32 Å². The second kappa shape index (κ2) is 5.63. The van der Waals surface area contributed by atoms with E-state index in [0.717, 1.165) is 19.4 Å². The number of imide groups is 1. The van der Waals surface area contributed by atoms with E-state index in [4.69, 9.17) is 0 Å². The molecule has 17 heavy (non-hydrogen) atoms. The van der Waals surface area contributed by atoms with Crippen LogP contribution >= 0.6 is 0 Å². The number of carbonyl (C=O) groups is 2. The number of rotatable bonds is 2. The van der Waals surface area contributed by atoms with E-state index in [0.29, 0.717) is 25.3 Å². The van der Waals surface area contributed by atoms with Crippen LogP contribution in [0.25, 0.3) is 0 Å². The maximum absolute atomic E-state index is 11.9. The van der Waals surface area contributed by atoms with Crippen LogP contribution in [0.2, 0.25) is 0 Å². The van der Waals surface area contributed by atoms with E-state index in [9.17, 15) is 9.59 Å². The number of hydrogen-bond donors (Lipinski definition) is 1. The first kappa shape index (κ1) is 12.6. The highest BCUT2D eigenvalue weighted by Crippen LogP contribution is 2.19. The topological polar surface area (TPSA) is 49.4 Å². The van der Waals surface area contributed by atoms with Crippen molar-refractivity contribution in [3.8, 4) is 0 Å². The van der Waals surface area contributed by atoms with Crippen LogP contribution in [0.15, 0.2) is 0 Å². The molecule has 1 N–H and O–H groups in total. The number of nitrogens with zero attached hydrogens (tertiary/aromatic N) is 1. The van der Waals surface area contributed by atoms with E-state index in [1.165, 1.54) is 17.7 Å². The average Bonchev–Trinajstić information content (AvgIpc) is 2.47. The largest absolute Gasteiger partial charge is 0.312 e. The van der Waals surface area contributed by atoms with Gasteiger partial charge in [0.05, 0.1) is 0 Å². The summed E-state index contributed by atoms with van der Waals surface area (Å²) in [5, 5.41) is 3.43. The molecule has 4 heteroatoms. The lowest BCUT2D eigenvalue weighted by molar-refractivity contribution is -0.144. The predicted molar refractivity (Wildman–Crippen MR) is 65.4 cm³/mol.